The first-order valence-electron chi connectivity index (χ1n) is 13.1. The van der Waals surface area contributed by atoms with E-state index in [-0.39, 0.29) is 0 Å². The minimum atomic E-state index is -1.03. The average Bonchev–Trinajstić information content (AvgIpc) is 2.95. The maximum atomic E-state index is 13.5. The van der Waals surface area contributed by atoms with Gasteiger partial charge in [-0.25, -0.2) is 4.79 Å². The second-order valence-electron chi connectivity index (χ2n) is 9.66. The van der Waals surface area contributed by atoms with Crippen LogP contribution in [-0.4, -0.2) is 35.0 Å². The fourth-order valence-electron chi connectivity index (χ4n) is 4.65. The number of benzene rings is 4. The van der Waals surface area contributed by atoms with Gasteiger partial charge >= 0.3 is 5.97 Å². The Kier molecular flexibility index (Phi) is 10.3. The predicted molar refractivity (Wildman–Crippen MR) is 166 cm³/mol. The molecular formula is C33H33ClN2O3S. The van der Waals surface area contributed by atoms with Crippen LogP contribution in [0, 0.1) is 6.92 Å². The molecule has 0 radical (unpaired) electrons. The Labute approximate surface area is 245 Å². The highest BCUT2D eigenvalue weighted by molar-refractivity contribution is 7.98. The number of carbonyl (C=O) groups excluding carboxylic acids is 1. The SMILES string of the molecule is CSCCC(NC(=O)c1ccc(CN(Cc2ccccc2)c2cccc(Cl)c2)cc1-c1ccccc1C)C(=O)O. The number of thioether (sulfide) groups is 1. The zero-order valence-electron chi connectivity index (χ0n) is 22.6. The lowest BCUT2D eigenvalue weighted by Crippen LogP contribution is -2.41. The Hall–Kier alpha value is -3.74. The van der Waals surface area contributed by atoms with Gasteiger partial charge < -0.3 is 15.3 Å². The molecule has 0 aliphatic rings. The molecule has 7 heteroatoms. The van der Waals surface area contributed by atoms with Crippen molar-refractivity contribution >= 4 is 40.9 Å². The molecule has 0 saturated heterocycles. The minimum absolute atomic E-state index is 0.355. The summed E-state index contributed by atoms with van der Waals surface area (Å²) in [7, 11) is 0. The van der Waals surface area contributed by atoms with Crippen molar-refractivity contribution in [2.24, 2.45) is 0 Å². The van der Waals surface area contributed by atoms with Crippen molar-refractivity contribution in [3.8, 4) is 11.1 Å². The fourth-order valence-corrected chi connectivity index (χ4v) is 5.31. The highest BCUT2D eigenvalue weighted by Gasteiger charge is 2.23. The number of aliphatic carboxylic acids is 1. The zero-order valence-corrected chi connectivity index (χ0v) is 24.2. The van der Waals surface area contributed by atoms with Gasteiger partial charge in [0.1, 0.15) is 6.04 Å². The second-order valence-corrected chi connectivity index (χ2v) is 11.1. The number of anilines is 1. The molecular weight excluding hydrogens is 540 g/mol. The number of carboxylic acids is 1. The summed E-state index contributed by atoms with van der Waals surface area (Å²) in [4.78, 5) is 27.5. The van der Waals surface area contributed by atoms with E-state index in [0.29, 0.717) is 35.8 Å². The molecule has 0 bridgehead atoms. The van der Waals surface area contributed by atoms with Crippen LogP contribution in [-0.2, 0) is 17.9 Å². The van der Waals surface area contributed by atoms with E-state index >= 15 is 0 Å². The molecule has 0 aliphatic heterocycles. The van der Waals surface area contributed by atoms with Crippen molar-refractivity contribution in [1.82, 2.24) is 5.32 Å². The Balaban J connectivity index is 1.72. The molecule has 0 aliphatic carbocycles. The van der Waals surface area contributed by atoms with E-state index < -0.39 is 17.9 Å². The molecule has 40 heavy (non-hydrogen) atoms. The van der Waals surface area contributed by atoms with Gasteiger partial charge in [0.2, 0.25) is 0 Å². The van der Waals surface area contributed by atoms with E-state index in [2.05, 4.69) is 22.3 Å². The molecule has 2 N–H and O–H groups in total. The molecule has 0 fully saturated rings. The number of nitrogens with one attached hydrogen (secondary N) is 1. The van der Waals surface area contributed by atoms with Gasteiger partial charge in [-0.05, 0) is 83.5 Å². The normalized spacial score (nSPS) is 11.6. The summed E-state index contributed by atoms with van der Waals surface area (Å²) >= 11 is 7.91. The maximum Gasteiger partial charge on any atom is 0.326 e. The van der Waals surface area contributed by atoms with E-state index in [1.807, 2.05) is 92.0 Å². The van der Waals surface area contributed by atoms with Gasteiger partial charge in [0.15, 0.2) is 0 Å². The van der Waals surface area contributed by atoms with Crippen molar-refractivity contribution in [1.29, 1.82) is 0 Å². The second kappa shape index (κ2) is 14.1. The van der Waals surface area contributed by atoms with E-state index in [1.165, 1.54) is 5.56 Å². The molecule has 0 aromatic heterocycles. The van der Waals surface area contributed by atoms with E-state index in [9.17, 15) is 14.7 Å². The van der Waals surface area contributed by atoms with Gasteiger partial charge in [-0.3, -0.25) is 4.79 Å². The quantitative estimate of drug-likeness (QED) is 0.184. The highest BCUT2D eigenvalue weighted by atomic mass is 35.5. The van der Waals surface area contributed by atoms with Crippen molar-refractivity contribution in [3.63, 3.8) is 0 Å². The van der Waals surface area contributed by atoms with Gasteiger partial charge in [-0.2, -0.15) is 11.8 Å². The molecule has 4 aromatic rings. The zero-order chi connectivity index (χ0) is 28.5. The van der Waals surface area contributed by atoms with Gasteiger partial charge in [0.05, 0.1) is 0 Å². The standard InChI is InChI=1S/C33H33ClN2O3S/c1-23-9-6-7-14-28(23)30-19-25(15-16-29(30)32(37)35-31(33(38)39)17-18-40-2)22-36(21-24-10-4-3-5-11-24)27-13-8-12-26(34)20-27/h3-16,19-20,31H,17-18,21-22H2,1-2H3,(H,35,37)(H,38,39). The molecule has 0 saturated carbocycles. The van der Waals surface area contributed by atoms with Crippen LogP contribution in [0.4, 0.5) is 5.69 Å². The van der Waals surface area contributed by atoms with E-state index in [0.717, 1.165) is 27.9 Å². The van der Waals surface area contributed by atoms with Crippen LogP contribution in [0.1, 0.15) is 33.5 Å². The summed E-state index contributed by atoms with van der Waals surface area (Å²) in [6.45, 7) is 3.27. The van der Waals surface area contributed by atoms with Gasteiger partial charge in [0.25, 0.3) is 5.91 Å². The molecule has 4 aromatic carbocycles. The Bertz CT molecular complexity index is 1460. The Morgan fingerprint density at radius 2 is 1.60 bits per heavy atom. The number of halogens is 1. The monoisotopic (exact) mass is 572 g/mol. The van der Waals surface area contributed by atoms with Gasteiger partial charge in [-0.15, -0.1) is 0 Å². The molecule has 1 amide bonds. The topological polar surface area (TPSA) is 69.6 Å². The predicted octanol–water partition coefficient (Wildman–Crippen LogP) is 7.46. The summed E-state index contributed by atoms with van der Waals surface area (Å²) in [6.07, 6.45) is 2.27. The molecule has 4 rings (SSSR count). The van der Waals surface area contributed by atoms with Crippen LogP contribution in [0.15, 0.2) is 97.1 Å². The number of aryl methyl sites for hydroxylation is 1. The molecule has 0 heterocycles. The smallest absolute Gasteiger partial charge is 0.326 e. The number of hydrogen-bond donors (Lipinski definition) is 2. The lowest BCUT2D eigenvalue weighted by atomic mass is 9.93. The van der Waals surface area contributed by atoms with Crippen LogP contribution < -0.4 is 10.2 Å². The first-order chi connectivity index (χ1) is 19.4. The van der Waals surface area contributed by atoms with Crippen LogP contribution >= 0.6 is 23.4 Å². The minimum Gasteiger partial charge on any atom is -0.480 e. The maximum absolute atomic E-state index is 13.5. The largest absolute Gasteiger partial charge is 0.480 e. The third-order valence-corrected chi connectivity index (χ3v) is 7.62. The molecule has 1 unspecified atom stereocenters. The Morgan fingerprint density at radius 1 is 0.875 bits per heavy atom. The van der Waals surface area contributed by atoms with Crippen LogP contribution in [0.2, 0.25) is 5.02 Å². The number of rotatable bonds is 12. The van der Waals surface area contributed by atoms with Crippen molar-refractivity contribution in [2.75, 3.05) is 16.9 Å². The van der Waals surface area contributed by atoms with Crippen LogP contribution in [0.25, 0.3) is 11.1 Å². The lowest BCUT2D eigenvalue weighted by molar-refractivity contribution is -0.139. The third-order valence-electron chi connectivity index (χ3n) is 6.74. The summed E-state index contributed by atoms with van der Waals surface area (Å²) < 4.78 is 0. The first-order valence-corrected chi connectivity index (χ1v) is 14.9. The lowest BCUT2D eigenvalue weighted by Gasteiger charge is -2.26. The number of carbonyl (C=O) groups is 2. The average molecular weight is 573 g/mol. The first kappa shape index (κ1) is 29.2. The summed E-state index contributed by atoms with van der Waals surface area (Å²) in [5, 5.41) is 13.1. The van der Waals surface area contributed by atoms with Crippen molar-refractivity contribution in [2.45, 2.75) is 32.5 Å². The molecule has 5 nitrogen and oxygen atoms in total. The molecule has 1 atom stereocenters. The van der Waals surface area contributed by atoms with Crippen LogP contribution in [0.5, 0.6) is 0 Å². The number of carboxylic acid groups (broad SMARTS) is 1. The number of nitrogens with zero attached hydrogens (tertiary/aromatic N) is 1. The summed E-state index contributed by atoms with van der Waals surface area (Å²) in [5.74, 6) is -0.787. The van der Waals surface area contributed by atoms with E-state index in [4.69, 9.17) is 11.6 Å². The van der Waals surface area contributed by atoms with E-state index in [1.54, 1.807) is 17.8 Å². The summed E-state index contributed by atoms with van der Waals surface area (Å²) in [5.41, 5.74) is 6.36. The highest BCUT2D eigenvalue weighted by Crippen LogP contribution is 2.30. The molecule has 0 spiro atoms. The van der Waals surface area contributed by atoms with Gasteiger partial charge in [0, 0.05) is 29.4 Å². The number of amides is 1. The molecule has 206 valence electrons. The third kappa shape index (κ3) is 7.68. The van der Waals surface area contributed by atoms with Gasteiger partial charge in [-0.1, -0.05) is 78.3 Å². The number of hydrogen-bond acceptors (Lipinski definition) is 4. The van der Waals surface area contributed by atoms with Crippen molar-refractivity contribution in [3.05, 3.63) is 124 Å². The Morgan fingerprint density at radius 3 is 2.30 bits per heavy atom. The summed E-state index contributed by atoms with van der Waals surface area (Å²) in [6, 6.07) is 30.8. The fraction of sp³-hybridized carbons (Fsp3) is 0.212. The van der Waals surface area contributed by atoms with Crippen LogP contribution in [0.3, 0.4) is 0 Å². The van der Waals surface area contributed by atoms with Crippen molar-refractivity contribution < 1.29 is 14.7 Å².